The first kappa shape index (κ1) is 15.1. The number of sulfonamides is 1. The molecule has 0 atom stereocenters. The van der Waals surface area contributed by atoms with Gasteiger partial charge in [-0.15, -0.1) is 0 Å². The van der Waals surface area contributed by atoms with Crippen molar-refractivity contribution in [1.82, 2.24) is 4.98 Å². The molecule has 2 rings (SSSR count). The second-order valence-corrected chi connectivity index (χ2v) is 6.41. The highest BCUT2D eigenvalue weighted by Crippen LogP contribution is 2.27. The molecule has 0 bridgehead atoms. The molecule has 1 aromatic heterocycles. The molecule has 8 heteroatoms. The van der Waals surface area contributed by atoms with Gasteiger partial charge in [-0.1, -0.05) is 29.3 Å². The van der Waals surface area contributed by atoms with Crippen molar-refractivity contribution in [3.63, 3.8) is 0 Å². The number of pyridine rings is 1. The van der Waals surface area contributed by atoms with Crippen LogP contribution in [0.25, 0.3) is 0 Å². The lowest BCUT2D eigenvalue weighted by atomic mass is 10.3. The standard InChI is InChI=1S/C12H11Cl2N3O2S/c13-9-2-3-11(10(14)5-9)17-20(18,19)12-4-1-8(6-15)7-16-12/h1-5,7,17H,6,15H2. The fourth-order valence-corrected chi connectivity index (χ4v) is 2.98. The number of hydrogen-bond donors (Lipinski definition) is 2. The number of nitrogens with one attached hydrogen (secondary N) is 1. The van der Waals surface area contributed by atoms with Crippen LogP contribution >= 0.6 is 23.2 Å². The highest BCUT2D eigenvalue weighted by atomic mass is 35.5. The third-order valence-electron chi connectivity index (χ3n) is 2.48. The number of anilines is 1. The van der Waals surface area contributed by atoms with Crippen LogP contribution in [0.2, 0.25) is 10.0 Å². The molecule has 0 aliphatic rings. The summed E-state index contributed by atoms with van der Waals surface area (Å²) in [5.74, 6) is 0. The molecule has 0 fully saturated rings. The van der Waals surface area contributed by atoms with Crippen molar-refractivity contribution in [2.24, 2.45) is 5.73 Å². The first-order chi connectivity index (χ1) is 9.42. The van der Waals surface area contributed by atoms with Gasteiger partial charge in [-0.3, -0.25) is 4.72 Å². The Hall–Kier alpha value is -1.34. The molecule has 106 valence electrons. The molecule has 0 saturated carbocycles. The van der Waals surface area contributed by atoms with E-state index in [2.05, 4.69) is 9.71 Å². The van der Waals surface area contributed by atoms with Crippen LogP contribution in [-0.4, -0.2) is 13.4 Å². The van der Waals surface area contributed by atoms with E-state index < -0.39 is 10.0 Å². The fourth-order valence-electron chi connectivity index (χ4n) is 1.46. The van der Waals surface area contributed by atoms with Crippen LogP contribution in [-0.2, 0) is 16.6 Å². The number of hydrogen-bond acceptors (Lipinski definition) is 4. The Morgan fingerprint density at radius 2 is 1.95 bits per heavy atom. The molecule has 2 aromatic rings. The van der Waals surface area contributed by atoms with Gasteiger partial charge in [0.15, 0.2) is 5.03 Å². The Labute approximate surface area is 126 Å². The SMILES string of the molecule is NCc1ccc(S(=O)(=O)Nc2ccc(Cl)cc2Cl)nc1. The summed E-state index contributed by atoms with van der Waals surface area (Å²) in [6.07, 6.45) is 1.41. The summed E-state index contributed by atoms with van der Waals surface area (Å²) in [7, 11) is -3.80. The molecule has 0 saturated heterocycles. The zero-order chi connectivity index (χ0) is 14.8. The molecule has 0 radical (unpaired) electrons. The minimum Gasteiger partial charge on any atom is -0.326 e. The molecular weight excluding hydrogens is 321 g/mol. The summed E-state index contributed by atoms with van der Waals surface area (Å²) < 4.78 is 26.6. The number of nitrogens with zero attached hydrogens (tertiary/aromatic N) is 1. The van der Waals surface area contributed by atoms with Gasteiger partial charge in [-0.2, -0.15) is 8.42 Å². The summed E-state index contributed by atoms with van der Waals surface area (Å²) in [5, 5.41) is 0.517. The van der Waals surface area contributed by atoms with Crippen molar-refractivity contribution in [3.05, 3.63) is 52.1 Å². The van der Waals surface area contributed by atoms with Crippen molar-refractivity contribution < 1.29 is 8.42 Å². The molecular formula is C12H11Cl2N3O2S. The number of halogens is 2. The zero-order valence-corrected chi connectivity index (χ0v) is 12.5. The van der Waals surface area contributed by atoms with Gasteiger partial charge in [0.05, 0.1) is 10.7 Å². The lowest BCUT2D eigenvalue weighted by Crippen LogP contribution is -2.15. The molecule has 5 nitrogen and oxygen atoms in total. The number of nitrogens with two attached hydrogens (primary N) is 1. The lowest BCUT2D eigenvalue weighted by Gasteiger charge is -2.09. The van der Waals surface area contributed by atoms with Gasteiger partial charge in [0, 0.05) is 17.8 Å². The summed E-state index contributed by atoms with van der Waals surface area (Å²) in [4.78, 5) is 3.86. The van der Waals surface area contributed by atoms with Crippen LogP contribution in [0.15, 0.2) is 41.6 Å². The van der Waals surface area contributed by atoms with Crippen LogP contribution in [0.5, 0.6) is 0 Å². The maximum Gasteiger partial charge on any atom is 0.279 e. The zero-order valence-electron chi connectivity index (χ0n) is 10.2. The molecule has 0 aliphatic carbocycles. The third kappa shape index (κ3) is 3.40. The minimum absolute atomic E-state index is 0.110. The van der Waals surface area contributed by atoms with E-state index in [9.17, 15) is 8.42 Å². The van der Waals surface area contributed by atoms with E-state index in [0.717, 1.165) is 5.56 Å². The van der Waals surface area contributed by atoms with Gasteiger partial charge in [0.25, 0.3) is 10.0 Å². The second kappa shape index (κ2) is 5.97. The van der Waals surface area contributed by atoms with Gasteiger partial charge in [-0.25, -0.2) is 4.98 Å². The highest BCUT2D eigenvalue weighted by molar-refractivity contribution is 7.92. The van der Waals surface area contributed by atoms with Crippen LogP contribution in [0, 0.1) is 0 Å². The Bertz CT molecular complexity index is 718. The average Bonchev–Trinajstić information content (AvgIpc) is 2.42. The van der Waals surface area contributed by atoms with Gasteiger partial charge in [0.1, 0.15) is 0 Å². The van der Waals surface area contributed by atoms with Crippen molar-refractivity contribution in [2.45, 2.75) is 11.6 Å². The fraction of sp³-hybridized carbons (Fsp3) is 0.0833. The quantitative estimate of drug-likeness (QED) is 0.901. The summed E-state index contributed by atoms with van der Waals surface area (Å²) >= 11 is 11.7. The van der Waals surface area contributed by atoms with E-state index in [1.807, 2.05) is 0 Å². The van der Waals surface area contributed by atoms with Gasteiger partial charge >= 0.3 is 0 Å². The van der Waals surface area contributed by atoms with Crippen LogP contribution < -0.4 is 10.5 Å². The lowest BCUT2D eigenvalue weighted by molar-refractivity contribution is 0.597. The minimum atomic E-state index is -3.80. The van der Waals surface area contributed by atoms with Crippen LogP contribution in [0.4, 0.5) is 5.69 Å². The third-order valence-corrected chi connectivity index (χ3v) is 4.31. The average molecular weight is 332 g/mol. The van der Waals surface area contributed by atoms with Crippen molar-refractivity contribution in [2.75, 3.05) is 4.72 Å². The molecule has 0 amide bonds. The Morgan fingerprint density at radius 1 is 1.20 bits per heavy atom. The van der Waals surface area contributed by atoms with E-state index in [1.54, 1.807) is 6.07 Å². The van der Waals surface area contributed by atoms with Crippen LogP contribution in [0.1, 0.15) is 5.56 Å². The Kier molecular flexibility index (Phi) is 4.49. The maximum absolute atomic E-state index is 12.1. The summed E-state index contributed by atoms with van der Waals surface area (Å²) in [6, 6.07) is 7.46. The maximum atomic E-state index is 12.1. The van der Waals surface area contributed by atoms with E-state index in [1.165, 1.54) is 30.5 Å². The summed E-state index contributed by atoms with van der Waals surface area (Å²) in [5.41, 5.74) is 6.41. The Balaban J connectivity index is 2.30. The first-order valence-corrected chi connectivity index (χ1v) is 7.79. The topological polar surface area (TPSA) is 85.1 Å². The molecule has 0 spiro atoms. The summed E-state index contributed by atoms with van der Waals surface area (Å²) in [6.45, 7) is 0.295. The number of rotatable bonds is 4. The van der Waals surface area contributed by atoms with E-state index >= 15 is 0 Å². The van der Waals surface area contributed by atoms with Gasteiger partial charge < -0.3 is 5.73 Å². The highest BCUT2D eigenvalue weighted by Gasteiger charge is 2.17. The monoisotopic (exact) mass is 331 g/mol. The predicted molar refractivity (Wildman–Crippen MR) is 79.4 cm³/mol. The molecule has 0 aliphatic heterocycles. The number of aromatic nitrogens is 1. The number of benzene rings is 1. The Morgan fingerprint density at radius 3 is 2.50 bits per heavy atom. The first-order valence-electron chi connectivity index (χ1n) is 5.55. The molecule has 3 N–H and O–H groups in total. The smallest absolute Gasteiger partial charge is 0.279 e. The molecule has 0 unspecified atom stereocenters. The second-order valence-electron chi connectivity index (χ2n) is 3.94. The van der Waals surface area contributed by atoms with E-state index in [4.69, 9.17) is 28.9 Å². The van der Waals surface area contributed by atoms with Gasteiger partial charge in [0.2, 0.25) is 0 Å². The van der Waals surface area contributed by atoms with Crippen molar-refractivity contribution in [1.29, 1.82) is 0 Å². The van der Waals surface area contributed by atoms with Crippen LogP contribution in [0.3, 0.4) is 0 Å². The van der Waals surface area contributed by atoms with Crippen molar-refractivity contribution in [3.8, 4) is 0 Å². The normalized spacial score (nSPS) is 11.3. The van der Waals surface area contributed by atoms with E-state index in [-0.39, 0.29) is 15.7 Å². The van der Waals surface area contributed by atoms with Gasteiger partial charge in [-0.05, 0) is 29.8 Å². The molecule has 1 aromatic carbocycles. The molecule has 1 heterocycles. The largest absolute Gasteiger partial charge is 0.326 e. The van der Waals surface area contributed by atoms with Crippen molar-refractivity contribution >= 4 is 38.9 Å². The van der Waals surface area contributed by atoms with E-state index in [0.29, 0.717) is 11.6 Å². The predicted octanol–water partition coefficient (Wildman–Crippen LogP) is 2.65. The molecule has 20 heavy (non-hydrogen) atoms.